The number of primary amides is 1. The number of carboxylic acids is 1. The van der Waals surface area contributed by atoms with Gasteiger partial charge in [-0.2, -0.15) is 0 Å². The van der Waals surface area contributed by atoms with E-state index in [1.807, 2.05) is 18.2 Å². The number of aliphatic carboxylic acids is 1. The highest BCUT2D eigenvalue weighted by molar-refractivity contribution is 7.20. The van der Waals surface area contributed by atoms with Gasteiger partial charge in [0.25, 0.3) is 5.91 Å². The van der Waals surface area contributed by atoms with E-state index in [0.717, 1.165) is 41.7 Å². The van der Waals surface area contributed by atoms with Crippen molar-refractivity contribution in [1.82, 2.24) is 0 Å². The number of benzene rings is 1. The zero-order chi connectivity index (χ0) is 20.3. The summed E-state index contributed by atoms with van der Waals surface area (Å²) >= 11 is 1.37. The summed E-state index contributed by atoms with van der Waals surface area (Å²) in [5.41, 5.74) is 9.25. The molecule has 2 aromatic rings. The normalized spacial score (nSPS) is 26.6. The van der Waals surface area contributed by atoms with Crippen molar-refractivity contribution in [3.05, 3.63) is 41.0 Å². The third kappa shape index (κ3) is 2.79. The van der Waals surface area contributed by atoms with Crippen LogP contribution in [-0.4, -0.2) is 22.9 Å². The number of aryl methyl sites for hydroxylation is 1. The Bertz CT molecular complexity index is 1040. The molecule has 0 saturated heterocycles. The largest absolute Gasteiger partial charge is 0.481 e. The Hall–Kier alpha value is -2.67. The molecule has 5 rings (SSSR count). The molecule has 3 aliphatic carbocycles. The smallest absolute Gasteiger partial charge is 0.307 e. The van der Waals surface area contributed by atoms with E-state index < -0.39 is 23.7 Å². The molecule has 7 heteroatoms. The number of thiophene rings is 1. The Morgan fingerprint density at radius 1 is 1.07 bits per heavy atom. The number of anilines is 1. The fourth-order valence-corrected chi connectivity index (χ4v) is 7.03. The molecule has 0 aliphatic heterocycles. The Balaban J connectivity index is 1.51. The van der Waals surface area contributed by atoms with E-state index in [0.29, 0.717) is 17.0 Å². The van der Waals surface area contributed by atoms with Crippen LogP contribution in [0.5, 0.6) is 0 Å². The number of carbonyl (C=O) groups excluding carboxylic acids is 2. The van der Waals surface area contributed by atoms with Crippen LogP contribution in [0.3, 0.4) is 0 Å². The summed E-state index contributed by atoms with van der Waals surface area (Å²) in [5, 5.41) is 13.0. The molecule has 4 N–H and O–H groups in total. The van der Waals surface area contributed by atoms with Gasteiger partial charge in [0.2, 0.25) is 5.91 Å². The van der Waals surface area contributed by atoms with Crippen molar-refractivity contribution in [3.8, 4) is 10.4 Å². The summed E-state index contributed by atoms with van der Waals surface area (Å²) in [7, 11) is 0. The molecule has 2 bridgehead atoms. The van der Waals surface area contributed by atoms with Gasteiger partial charge in [0, 0.05) is 4.88 Å². The molecule has 4 atom stereocenters. The number of carboxylic acid groups (broad SMARTS) is 1. The number of fused-ring (bicyclic) bond motifs is 5. The highest BCUT2D eigenvalue weighted by Crippen LogP contribution is 2.53. The molecular weight excluding hydrogens is 388 g/mol. The first-order valence-electron chi connectivity index (χ1n) is 10.0. The minimum absolute atomic E-state index is 0.0762. The van der Waals surface area contributed by atoms with Gasteiger partial charge in [-0.25, -0.2) is 0 Å². The molecular formula is C22H22N2O4S. The summed E-state index contributed by atoms with van der Waals surface area (Å²) in [4.78, 5) is 38.1. The topological polar surface area (TPSA) is 109 Å². The van der Waals surface area contributed by atoms with Crippen molar-refractivity contribution in [2.75, 3.05) is 5.32 Å². The Kier molecular flexibility index (Phi) is 4.24. The summed E-state index contributed by atoms with van der Waals surface area (Å²) in [6.07, 6.45) is 4.08. The van der Waals surface area contributed by atoms with Crippen LogP contribution in [0, 0.1) is 23.7 Å². The quantitative estimate of drug-likeness (QED) is 0.718. The minimum Gasteiger partial charge on any atom is -0.481 e. The molecule has 2 saturated carbocycles. The minimum atomic E-state index is -0.896. The van der Waals surface area contributed by atoms with Crippen LogP contribution in [0.25, 0.3) is 10.4 Å². The first-order chi connectivity index (χ1) is 14.0. The van der Waals surface area contributed by atoms with Crippen molar-refractivity contribution >= 4 is 34.1 Å². The number of hydrogen-bond acceptors (Lipinski definition) is 4. The van der Waals surface area contributed by atoms with Crippen LogP contribution in [0.15, 0.2) is 24.3 Å². The van der Waals surface area contributed by atoms with Crippen LogP contribution in [0.4, 0.5) is 5.00 Å². The number of rotatable bonds is 4. The molecule has 29 heavy (non-hydrogen) atoms. The van der Waals surface area contributed by atoms with Gasteiger partial charge in [-0.15, -0.1) is 11.3 Å². The highest BCUT2D eigenvalue weighted by Gasteiger charge is 2.54. The molecule has 6 nitrogen and oxygen atoms in total. The predicted octanol–water partition coefficient (Wildman–Crippen LogP) is 3.30. The summed E-state index contributed by atoms with van der Waals surface area (Å²) in [6.45, 7) is 0. The van der Waals surface area contributed by atoms with Gasteiger partial charge in [0.1, 0.15) is 5.00 Å². The fourth-order valence-electron chi connectivity index (χ4n) is 5.71. The van der Waals surface area contributed by atoms with Crippen molar-refractivity contribution in [3.63, 3.8) is 0 Å². The molecule has 3 aliphatic rings. The third-order valence-corrected chi connectivity index (χ3v) is 8.08. The van der Waals surface area contributed by atoms with Gasteiger partial charge in [0.15, 0.2) is 0 Å². The van der Waals surface area contributed by atoms with E-state index >= 15 is 0 Å². The number of nitrogens with one attached hydrogen (secondary N) is 1. The van der Waals surface area contributed by atoms with Crippen LogP contribution >= 0.6 is 11.3 Å². The molecule has 2 fully saturated rings. The van der Waals surface area contributed by atoms with Crippen molar-refractivity contribution in [2.24, 2.45) is 29.4 Å². The Labute approximate surface area is 172 Å². The summed E-state index contributed by atoms with van der Waals surface area (Å²) < 4.78 is 0. The lowest BCUT2D eigenvalue weighted by atomic mass is 9.78. The van der Waals surface area contributed by atoms with E-state index in [9.17, 15) is 19.5 Å². The zero-order valence-corrected chi connectivity index (χ0v) is 16.6. The third-order valence-electron chi connectivity index (χ3n) is 6.90. The maximum absolute atomic E-state index is 13.1. The number of nitrogens with two attached hydrogens (primary N) is 1. The number of amides is 2. The van der Waals surface area contributed by atoms with Gasteiger partial charge in [-0.05, 0) is 60.6 Å². The average Bonchev–Trinajstić information content (AvgIpc) is 3.39. The van der Waals surface area contributed by atoms with Gasteiger partial charge >= 0.3 is 5.97 Å². The van der Waals surface area contributed by atoms with Gasteiger partial charge in [-0.3, -0.25) is 14.4 Å². The maximum Gasteiger partial charge on any atom is 0.307 e. The van der Waals surface area contributed by atoms with E-state index in [2.05, 4.69) is 11.4 Å². The summed E-state index contributed by atoms with van der Waals surface area (Å²) in [6, 6.07) is 8.06. The monoisotopic (exact) mass is 410 g/mol. The fraction of sp³-hybridized carbons (Fsp3) is 0.409. The van der Waals surface area contributed by atoms with Gasteiger partial charge in [0.05, 0.1) is 17.4 Å². The average molecular weight is 410 g/mol. The second kappa shape index (κ2) is 6.69. The summed E-state index contributed by atoms with van der Waals surface area (Å²) in [5.74, 6) is -2.74. The molecule has 2 amide bonds. The van der Waals surface area contributed by atoms with Crippen molar-refractivity contribution in [1.29, 1.82) is 0 Å². The van der Waals surface area contributed by atoms with Crippen molar-refractivity contribution in [2.45, 2.75) is 32.1 Å². The van der Waals surface area contributed by atoms with E-state index in [1.54, 1.807) is 0 Å². The Morgan fingerprint density at radius 2 is 1.79 bits per heavy atom. The zero-order valence-electron chi connectivity index (χ0n) is 15.8. The molecule has 1 aromatic carbocycles. The van der Waals surface area contributed by atoms with Gasteiger partial charge in [-0.1, -0.05) is 24.3 Å². The lowest BCUT2D eigenvalue weighted by molar-refractivity contribution is -0.148. The standard InChI is InChI=1S/C22H22N2O4S/c23-19(25)17-14-8-7-10-3-1-2-4-13(10)18(14)29-21(17)24-20(26)15-11-5-6-12(9-11)16(15)22(27)28/h1-4,11-12,15-16H,5-9H2,(H2,23,25)(H,24,26)(H,27,28)/t11-,12-,15+,16-/m0/s1. The lowest BCUT2D eigenvalue weighted by Gasteiger charge is -2.26. The SMILES string of the molecule is NC(=O)c1c(NC(=O)[C@@H]2[C@H]3CC[C@@H](C3)[C@@H]2C(=O)O)sc2c1CCc1ccccc1-2. The number of carbonyl (C=O) groups is 3. The van der Waals surface area contributed by atoms with Crippen LogP contribution in [0.1, 0.15) is 40.7 Å². The van der Waals surface area contributed by atoms with Crippen molar-refractivity contribution < 1.29 is 19.5 Å². The van der Waals surface area contributed by atoms with Crippen LogP contribution in [0.2, 0.25) is 0 Å². The lowest BCUT2D eigenvalue weighted by Crippen LogP contribution is -2.38. The Morgan fingerprint density at radius 3 is 2.52 bits per heavy atom. The first kappa shape index (κ1) is 18.4. The molecule has 1 aromatic heterocycles. The molecule has 1 heterocycles. The molecule has 150 valence electrons. The molecule has 0 spiro atoms. The highest BCUT2D eigenvalue weighted by atomic mass is 32.1. The predicted molar refractivity (Wildman–Crippen MR) is 110 cm³/mol. The van der Waals surface area contributed by atoms with E-state index in [1.165, 1.54) is 16.9 Å². The molecule has 0 unspecified atom stereocenters. The van der Waals surface area contributed by atoms with E-state index in [-0.39, 0.29) is 17.7 Å². The van der Waals surface area contributed by atoms with E-state index in [4.69, 9.17) is 5.73 Å². The maximum atomic E-state index is 13.1. The first-order valence-corrected chi connectivity index (χ1v) is 10.8. The number of hydrogen-bond donors (Lipinski definition) is 3. The van der Waals surface area contributed by atoms with Crippen LogP contribution in [-0.2, 0) is 22.4 Å². The van der Waals surface area contributed by atoms with Gasteiger partial charge < -0.3 is 16.2 Å². The van der Waals surface area contributed by atoms with Crippen LogP contribution < -0.4 is 11.1 Å². The second-order valence-corrected chi connectivity index (χ2v) is 9.37. The second-order valence-electron chi connectivity index (χ2n) is 8.35. The molecule has 0 radical (unpaired) electrons.